The largest absolute Gasteiger partial charge is 0.337 e. The van der Waals surface area contributed by atoms with Crippen LogP contribution in [0.3, 0.4) is 0 Å². The molecule has 0 heterocycles. The van der Waals surface area contributed by atoms with E-state index in [0.29, 0.717) is 17.7 Å². The summed E-state index contributed by atoms with van der Waals surface area (Å²) in [6, 6.07) is 18.5. The zero-order valence-corrected chi connectivity index (χ0v) is 10.7. The third kappa shape index (κ3) is 3.20. The van der Waals surface area contributed by atoms with Gasteiger partial charge in [-0.2, -0.15) is 5.26 Å². The Balaban J connectivity index is 2.06. The lowest BCUT2D eigenvalue weighted by Crippen LogP contribution is -2.26. The van der Waals surface area contributed by atoms with Gasteiger partial charge in [0, 0.05) is 19.2 Å². The number of rotatable bonds is 3. The van der Waals surface area contributed by atoms with Crippen molar-refractivity contribution in [3.05, 3.63) is 71.3 Å². The fourth-order valence-electron chi connectivity index (χ4n) is 1.83. The first-order valence-electron chi connectivity index (χ1n) is 6.00. The molecule has 0 aromatic heterocycles. The van der Waals surface area contributed by atoms with Crippen molar-refractivity contribution in [2.75, 3.05) is 7.05 Å². The summed E-state index contributed by atoms with van der Waals surface area (Å²) < 4.78 is 0. The van der Waals surface area contributed by atoms with Gasteiger partial charge in [0.2, 0.25) is 0 Å². The first-order chi connectivity index (χ1) is 9.20. The molecule has 19 heavy (non-hydrogen) atoms. The molecule has 0 radical (unpaired) electrons. The SMILES string of the molecule is CN(Cc1ccc(C#N)cc1)C(=O)c1ccccc1. The Bertz CT molecular complexity index is 597. The smallest absolute Gasteiger partial charge is 0.253 e. The molecule has 0 aliphatic carbocycles. The van der Waals surface area contributed by atoms with E-state index in [4.69, 9.17) is 5.26 Å². The average Bonchev–Trinajstić information content (AvgIpc) is 2.48. The number of hydrogen-bond donors (Lipinski definition) is 0. The normalized spacial score (nSPS) is 9.68. The van der Waals surface area contributed by atoms with Gasteiger partial charge >= 0.3 is 0 Å². The first kappa shape index (κ1) is 12.8. The molecule has 1 amide bonds. The molecule has 0 saturated carbocycles. The molecule has 0 bridgehead atoms. The first-order valence-corrected chi connectivity index (χ1v) is 6.00. The van der Waals surface area contributed by atoms with Crippen LogP contribution in [-0.4, -0.2) is 17.9 Å². The standard InChI is InChI=1S/C16H14N2O/c1-18(16(19)15-5-3-2-4-6-15)12-14-9-7-13(11-17)8-10-14/h2-10H,12H2,1H3. The van der Waals surface area contributed by atoms with E-state index in [1.807, 2.05) is 30.3 Å². The topological polar surface area (TPSA) is 44.1 Å². The summed E-state index contributed by atoms with van der Waals surface area (Å²) in [5.41, 5.74) is 2.31. The van der Waals surface area contributed by atoms with E-state index < -0.39 is 0 Å². The molecular weight excluding hydrogens is 236 g/mol. The van der Waals surface area contributed by atoms with Crippen LogP contribution in [0.25, 0.3) is 0 Å². The molecule has 0 atom stereocenters. The minimum atomic E-state index is -0.00930. The summed E-state index contributed by atoms with van der Waals surface area (Å²) in [6.45, 7) is 0.527. The van der Waals surface area contributed by atoms with Crippen LogP contribution in [0.5, 0.6) is 0 Å². The number of carbonyl (C=O) groups is 1. The van der Waals surface area contributed by atoms with Crippen LogP contribution in [0.4, 0.5) is 0 Å². The van der Waals surface area contributed by atoms with Crippen molar-refractivity contribution in [3.63, 3.8) is 0 Å². The molecule has 0 fully saturated rings. The summed E-state index contributed by atoms with van der Waals surface area (Å²) in [5.74, 6) is -0.00930. The molecule has 0 aliphatic rings. The zero-order chi connectivity index (χ0) is 13.7. The summed E-state index contributed by atoms with van der Waals surface area (Å²) in [5, 5.41) is 8.73. The predicted molar refractivity (Wildman–Crippen MR) is 73.4 cm³/mol. The van der Waals surface area contributed by atoms with Crippen molar-refractivity contribution in [2.24, 2.45) is 0 Å². The van der Waals surface area contributed by atoms with E-state index in [1.165, 1.54) is 0 Å². The van der Waals surface area contributed by atoms with Crippen LogP contribution in [-0.2, 0) is 6.54 Å². The van der Waals surface area contributed by atoms with Crippen LogP contribution in [0.1, 0.15) is 21.5 Å². The second-order valence-corrected chi connectivity index (χ2v) is 4.34. The molecule has 2 rings (SSSR count). The molecule has 3 nitrogen and oxygen atoms in total. The van der Waals surface area contributed by atoms with Gasteiger partial charge in [0.1, 0.15) is 0 Å². The molecule has 3 heteroatoms. The van der Waals surface area contributed by atoms with Gasteiger partial charge < -0.3 is 4.90 Å². The van der Waals surface area contributed by atoms with Crippen LogP contribution >= 0.6 is 0 Å². The number of benzene rings is 2. The van der Waals surface area contributed by atoms with Gasteiger partial charge in [-0.1, -0.05) is 30.3 Å². The highest BCUT2D eigenvalue weighted by atomic mass is 16.2. The number of hydrogen-bond acceptors (Lipinski definition) is 2. The Kier molecular flexibility index (Phi) is 3.94. The van der Waals surface area contributed by atoms with Gasteiger partial charge in [-0.3, -0.25) is 4.79 Å². The van der Waals surface area contributed by atoms with Crippen LogP contribution in [0.2, 0.25) is 0 Å². The van der Waals surface area contributed by atoms with E-state index in [-0.39, 0.29) is 5.91 Å². The fraction of sp³-hybridized carbons (Fsp3) is 0.125. The van der Waals surface area contributed by atoms with E-state index in [1.54, 1.807) is 36.2 Å². The summed E-state index contributed by atoms with van der Waals surface area (Å²) in [4.78, 5) is 13.8. The Hall–Kier alpha value is -2.60. The Morgan fingerprint density at radius 1 is 1.11 bits per heavy atom. The van der Waals surface area contributed by atoms with Crippen molar-refractivity contribution < 1.29 is 4.79 Å². The van der Waals surface area contributed by atoms with Gasteiger partial charge in [-0.05, 0) is 29.8 Å². The van der Waals surface area contributed by atoms with E-state index in [2.05, 4.69) is 6.07 Å². The molecule has 94 valence electrons. The number of nitrogens with zero attached hydrogens (tertiary/aromatic N) is 2. The number of amides is 1. The van der Waals surface area contributed by atoms with Gasteiger partial charge in [-0.25, -0.2) is 0 Å². The van der Waals surface area contributed by atoms with Gasteiger partial charge in [0.05, 0.1) is 11.6 Å². The van der Waals surface area contributed by atoms with Crippen molar-refractivity contribution >= 4 is 5.91 Å². The van der Waals surface area contributed by atoms with E-state index >= 15 is 0 Å². The molecular formula is C16H14N2O. The lowest BCUT2D eigenvalue weighted by Gasteiger charge is -2.17. The van der Waals surface area contributed by atoms with Crippen LogP contribution in [0.15, 0.2) is 54.6 Å². The van der Waals surface area contributed by atoms with E-state index in [9.17, 15) is 4.79 Å². The third-order valence-electron chi connectivity index (χ3n) is 2.87. The summed E-state index contributed by atoms with van der Waals surface area (Å²) in [6.07, 6.45) is 0. The molecule has 0 N–H and O–H groups in total. The Morgan fingerprint density at radius 2 is 1.74 bits per heavy atom. The summed E-state index contributed by atoms with van der Waals surface area (Å²) in [7, 11) is 1.77. The molecule has 0 unspecified atom stereocenters. The monoisotopic (exact) mass is 250 g/mol. The molecule has 0 aliphatic heterocycles. The highest BCUT2D eigenvalue weighted by Gasteiger charge is 2.11. The maximum atomic E-state index is 12.1. The van der Waals surface area contributed by atoms with Gasteiger partial charge in [-0.15, -0.1) is 0 Å². The number of nitriles is 1. The van der Waals surface area contributed by atoms with Crippen molar-refractivity contribution in [1.29, 1.82) is 5.26 Å². The lowest BCUT2D eigenvalue weighted by atomic mass is 10.1. The fourth-order valence-corrected chi connectivity index (χ4v) is 1.83. The molecule has 0 saturated heterocycles. The minimum Gasteiger partial charge on any atom is -0.337 e. The van der Waals surface area contributed by atoms with Crippen LogP contribution in [0, 0.1) is 11.3 Å². The maximum Gasteiger partial charge on any atom is 0.253 e. The average molecular weight is 250 g/mol. The Morgan fingerprint density at radius 3 is 2.32 bits per heavy atom. The van der Waals surface area contributed by atoms with Crippen LogP contribution < -0.4 is 0 Å². The van der Waals surface area contributed by atoms with Gasteiger partial charge in [0.25, 0.3) is 5.91 Å². The van der Waals surface area contributed by atoms with Crippen molar-refractivity contribution in [1.82, 2.24) is 4.90 Å². The van der Waals surface area contributed by atoms with E-state index in [0.717, 1.165) is 5.56 Å². The minimum absolute atomic E-state index is 0.00930. The molecule has 2 aromatic carbocycles. The molecule has 0 spiro atoms. The highest BCUT2D eigenvalue weighted by Crippen LogP contribution is 2.09. The molecule has 2 aromatic rings. The summed E-state index contributed by atoms with van der Waals surface area (Å²) >= 11 is 0. The predicted octanol–water partition coefficient (Wildman–Crippen LogP) is 2.83. The Labute approximate surface area is 112 Å². The van der Waals surface area contributed by atoms with Crippen molar-refractivity contribution in [3.8, 4) is 6.07 Å². The van der Waals surface area contributed by atoms with Crippen molar-refractivity contribution in [2.45, 2.75) is 6.54 Å². The second-order valence-electron chi connectivity index (χ2n) is 4.34. The third-order valence-corrected chi connectivity index (χ3v) is 2.87. The number of carbonyl (C=O) groups excluding carboxylic acids is 1. The maximum absolute atomic E-state index is 12.1. The van der Waals surface area contributed by atoms with Gasteiger partial charge in [0.15, 0.2) is 0 Å². The highest BCUT2D eigenvalue weighted by molar-refractivity contribution is 5.93. The lowest BCUT2D eigenvalue weighted by molar-refractivity contribution is 0.0785. The second kappa shape index (κ2) is 5.83. The quantitative estimate of drug-likeness (QED) is 0.840. The zero-order valence-electron chi connectivity index (χ0n) is 10.7.